The first kappa shape index (κ1) is 17.0. The molecule has 116 valence electrons. The topological polar surface area (TPSA) is 66.8 Å². The van der Waals surface area contributed by atoms with E-state index in [2.05, 4.69) is 20.8 Å². The van der Waals surface area contributed by atoms with Crippen LogP contribution in [-0.2, 0) is 14.3 Å². The van der Waals surface area contributed by atoms with Crippen molar-refractivity contribution >= 4 is 11.9 Å². The molecule has 1 fully saturated rings. The molecule has 0 bridgehead atoms. The summed E-state index contributed by atoms with van der Waals surface area (Å²) in [5.74, 6) is -0.811. The van der Waals surface area contributed by atoms with Crippen LogP contribution in [0.4, 0.5) is 0 Å². The third-order valence-electron chi connectivity index (χ3n) is 3.89. The highest BCUT2D eigenvalue weighted by Gasteiger charge is 2.43. The Kier molecular flexibility index (Phi) is 5.57. The van der Waals surface area contributed by atoms with Gasteiger partial charge >= 0.3 is 5.97 Å². The first-order valence-corrected chi connectivity index (χ1v) is 7.20. The minimum absolute atomic E-state index is 0.0568. The predicted octanol–water partition coefficient (Wildman–Crippen LogP) is 2.15. The van der Waals surface area contributed by atoms with E-state index in [0.717, 1.165) is 12.8 Å². The lowest BCUT2D eigenvalue weighted by Gasteiger charge is -2.39. The molecule has 0 aliphatic carbocycles. The Hall–Kier alpha value is -1.10. The van der Waals surface area contributed by atoms with Gasteiger partial charge in [-0.15, -0.1) is 0 Å². The van der Waals surface area contributed by atoms with Crippen molar-refractivity contribution in [2.75, 3.05) is 26.8 Å². The second-order valence-electron chi connectivity index (χ2n) is 7.00. The van der Waals surface area contributed by atoms with Gasteiger partial charge < -0.3 is 14.7 Å². The number of rotatable bonds is 5. The summed E-state index contributed by atoms with van der Waals surface area (Å²) in [6.45, 7) is 7.38. The zero-order chi connectivity index (χ0) is 15.4. The second-order valence-corrected chi connectivity index (χ2v) is 7.00. The molecule has 5 nitrogen and oxygen atoms in total. The summed E-state index contributed by atoms with van der Waals surface area (Å²) in [5.41, 5.74) is -0.827. The fourth-order valence-corrected chi connectivity index (χ4v) is 2.62. The monoisotopic (exact) mass is 285 g/mol. The van der Waals surface area contributed by atoms with Crippen LogP contribution in [-0.4, -0.2) is 48.7 Å². The van der Waals surface area contributed by atoms with Crippen molar-refractivity contribution in [3.05, 3.63) is 0 Å². The van der Waals surface area contributed by atoms with Crippen molar-refractivity contribution in [2.45, 2.75) is 46.5 Å². The fraction of sp³-hybridized carbons (Fsp3) is 0.867. The molecule has 0 saturated carbocycles. The second kappa shape index (κ2) is 6.57. The molecular weight excluding hydrogens is 258 g/mol. The molecule has 1 N–H and O–H groups in total. The maximum atomic E-state index is 12.3. The molecule has 0 radical (unpaired) electrons. The first-order chi connectivity index (χ1) is 9.20. The van der Waals surface area contributed by atoms with Gasteiger partial charge in [-0.05, 0) is 24.7 Å². The molecule has 1 amide bonds. The Morgan fingerprint density at radius 3 is 2.50 bits per heavy atom. The molecule has 1 aliphatic rings. The number of hydrogen-bond donors (Lipinski definition) is 1. The van der Waals surface area contributed by atoms with Crippen LogP contribution in [0.15, 0.2) is 0 Å². The normalized spacial score (nSPS) is 23.7. The molecular formula is C15H27NO4. The van der Waals surface area contributed by atoms with Gasteiger partial charge in [-0.2, -0.15) is 0 Å². The molecule has 0 aromatic carbocycles. The Morgan fingerprint density at radius 2 is 2.00 bits per heavy atom. The summed E-state index contributed by atoms with van der Waals surface area (Å²) >= 11 is 0. The third-order valence-corrected chi connectivity index (χ3v) is 3.89. The van der Waals surface area contributed by atoms with Crippen molar-refractivity contribution in [2.24, 2.45) is 10.8 Å². The summed E-state index contributed by atoms with van der Waals surface area (Å²) < 4.78 is 5.07. The summed E-state index contributed by atoms with van der Waals surface area (Å²) in [4.78, 5) is 25.5. The maximum Gasteiger partial charge on any atom is 0.313 e. The summed E-state index contributed by atoms with van der Waals surface area (Å²) in [5, 5.41) is 9.46. The highest BCUT2D eigenvalue weighted by molar-refractivity contribution is 5.79. The number of aliphatic carboxylic acids is 1. The van der Waals surface area contributed by atoms with Gasteiger partial charge in [0.25, 0.3) is 0 Å². The van der Waals surface area contributed by atoms with Gasteiger partial charge in [-0.1, -0.05) is 20.8 Å². The van der Waals surface area contributed by atoms with Crippen LogP contribution in [0.3, 0.4) is 0 Å². The number of carboxylic acid groups (broad SMARTS) is 1. The molecule has 1 heterocycles. The maximum absolute atomic E-state index is 12.3. The van der Waals surface area contributed by atoms with Gasteiger partial charge in [0.15, 0.2) is 0 Å². The van der Waals surface area contributed by atoms with Gasteiger partial charge in [0.2, 0.25) is 5.91 Å². The van der Waals surface area contributed by atoms with E-state index in [1.54, 1.807) is 4.90 Å². The van der Waals surface area contributed by atoms with Gasteiger partial charge in [0, 0.05) is 26.6 Å². The van der Waals surface area contributed by atoms with E-state index in [0.29, 0.717) is 19.4 Å². The molecule has 5 heteroatoms. The molecule has 0 aromatic heterocycles. The summed E-state index contributed by atoms with van der Waals surface area (Å²) in [7, 11) is 1.51. The van der Waals surface area contributed by atoms with Crippen LogP contribution in [0.2, 0.25) is 0 Å². The van der Waals surface area contributed by atoms with E-state index in [4.69, 9.17) is 4.74 Å². The van der Waals surface area contributed by atoms with Gasteiger partial charge in [-0.3, -0.25) is 9.59 Å². The van der Waals surface area contributed by atoms with E-state index < -0.39 is 11.4 Å². The number of amides is 1. The number of methoxy groups -OCH3 is 1. The Bertz CT molecular complexity index is 357. The van der Waals surface area contributed by atoms with Crippen LogP contribution >= 0.6 is 0 Å². The Balaban J connectivity index is 2.68. The number of carbonyl (C=O) groups excluding carboxylic acids is 1. The zero-order valence-electron chi connectivity index (χ0n) is 13.1. The summed E-state index contributed by atoms with van der Waals surface area (Å²) in [6, 6.07) is 0. The van der Waals surface area contributed by atoms with E-state index >= 15 is 0 Å². The number of hydrogen-bond acceptors (Lipinski definition) is 3. The molecule has 1 aliphatic heterocycles. The number of carbonyl (C=O) groups is 2. The van der Waals surface area contributed by atoms with Crippen molar-refractivity contribution in [3.63, 3.8) is 0 Å². The molecule has 1 saturated heterocycles. The highest BCUT2D eigenvalue weighted by atomic mass is 16.5. The molecule has 0 aromatic rings. The lowest BCUT2D eigenvalue weighted by atomic mass is 9.80. The molecule has 1 unspecified atom stereocenters. The molecule has 20 heavy (non-hydrogen) atoms. The number of piperidine rings is 1. The van der Waals surface area contributed by atoms with Crippen LogP contribution in [0.1, 0.15) is 46.5 Å². The van der Waals surface area contributed by atoms with Crippen LogP contribution in [0.5, 0.6) is 0 Å². The number of carboxylic acids is 1. The smallest absolute Gasteiger partial charge is 0.313 e. The first-order valence-electron chi connectivity index (χ1n) is 7.20. The van der Waals surface area contributed by atoms with Crippen molar-refractivity contribution in [3.8, 4) is 0 Å². The van der Waals surface area contributed by atoms with Crippen molar-refractivity contribution in [1.29, 1.82) is 0 Å². The van der Waals surface area contributed by atoms with E-state index in [9.17, 15) is 14.7 Å². The lowest BCUT2D eigenvalue weighted by molar-refractivity contribution is -0.159. The average molecular weight is 285 g/mol. The van der Waals surface area contributed by atoms with Crippen molar-refractivity contribution in [1.82, 2.24) is 4.90 Å². The fourth-order valence-electron chi connectivity index (χ4n) is 2.62. The predicted molar refractivity (Wildman–Crippen MR) is 76.4 cm³/mol. The standard InChI is InChI=1S/C15H27NO4/c1-14(2,3)8-6-12(17)16-9-5-7-15(10-16,11-20-4)13(18)19/h5-11H2,1-4H3,(H,18,19). The van der Waals surface area contributed by atoms with E-state index in [1.807, 2.05) is 0 Å². The SMILES string of the molecule is COCC1(C(=O)O)CCCN(C(=O)CCC(C)(C)C)C1. The number of likely N-dealkylation sites (tertiary alicyclic amines) is 1. The Labute approximate surface area is 121 Å². The summed E-state index contributed by atoms with van der Waals surface area (Å²) in [6.07, 6.45) is 2.58. The average Bonchev–Trinajstić information content (AvgIpc) is 2.35. The largest absolute Gasteiger partial charge is 0.481 e. The van der Waals surface area contributed by atoms with Crippen molar-refractivity contribution < 1.29 is 19.4 Å². The van der Waals surface area contributed by atoms with E-state index in [1.165, 1.54) is 7.11 Å². The van der Waals surface area contributed by atoms with Gasteiger partial charge in [0.1, 0.15) is 5.41 Å². The Morgan fingerprint density at radius 1 is 1.35 bits per heavy atom. The number of nitrogens with zero attached hydrogens (tertiary/aromatic N) is 1. The lowest BCUT2D eigenvalue weighted by Crippen LogP contribution is -2.52. The third kappa shape index (κ3) is 4.47. The van der Waals surface area contributed by atoms with Gasteiger partial charge in [-0.25, -0.2) is 0 Å². The molecule has 0 spiro atoms. The minimum Gasteiger partial charge on any atom is -0.481 e. The highest BCUT2D eigenvalue weighted by Crippen LogP contribution is 2.31. The zero-order valence-corrected chi connectivity index (χ0v) is 13.1. The van der Waals surface area contributed by atoms with Crippen LogP contribution < -0.4 is 0 Å². The minimum atomic E-state index is -0.940. The van der Waals surface area contributed by atoms with Crippen LogP contribution in [0.25, 0.3) is 0 Å². The van der Waals surface area contributed by atoms with Crippen LogP contribution in [0, 0.1) is 10.8 Å². The molecule has 1 atom stereocenters. The number of ether oxygens (including phenoxy) is 1. The molecule has 1 rings (SSSR count). The van der Waals surface area contributed by atoms with E-state index in [-0.39, 0.29) is 24.5 Å². The quantitative estimate of drug-likeness (QED) is 0.840. The van der Waals surface area contributed by atoms with Gasteiger partial charge in [0.05, 0.1) is 6.61 Å².